The molecule has 1 heterocycles. The van der Waals surface area contributed by atoms with Crippen molar-refractivity contribution in [2.75, 3.05) is 0 Å². The Hall–Kier alpha value is -0.490. The number of aryl methyl sites for hydroxylation is 1. The van der Waals surface area contributed by atoms with Crippen molar-refractivity contribution in [3.05, 3.63) is 23.8 Å². The summed E-state index contributed by atoms with van der Waals surface area (Å²) in [5.41, 5.74) is 0.987. The van der Waals surface area contributed by atoms with Crippen LogP contribution in [0.2, 0.25) is 0 Å². The molecule has 48 valence electrons. The summed E-state index contributed by atoms with van der Waals surface area (Å²) in [6.07, 6.45) is 1.51. The van der Waals surface area contributed by atoms with Crippen LogP contribution < -0.4 is 5.30 Å². The first-order valence-corrected chi connectivity index (χ1v) is 3.15. The summed E-state index contributed by atoms with van der Waals surface area (Å²) in [5, 5.41) is 0.863. The molecule has 0 amide bonds. The van der Waals surface area contributed by atoms with Crippen molar-refractivity contribution in [1.29, 1.82) is 0 Å². The molecule has 1 rings (SSSR count). The predicted octanol–water partition coefficient (Wildman–Crippen LogP) is 1.03. The van der Waals surface area contributed by atoms with E-state index < -0.39 is 5.95 Å². The number of hydrogen-bond acceptors (Lipinski definition) is 1. The summed E-state index contributed by atoms with van der Waals surface area (Å²) in [4.78, 5) is 3.46. The van der Waals surface area contributed by atoms with Crippen LogP contribution in [0.25, 0.3) is 0 Å². The van der Waals surface area contributed by atoms with Crippen LogP contribution in [0, 0.1) is 12.9 Å². The zero-order valence-corrected chi connectivity index (χ0v) is 6.21. The Labute approximate surface area is 55.5 Å². The molecule has 0 saturated carbocycles. The first-order valence-electron chi connectivity index (χ1n) is 2.58. The van der Waals surface area contributed by atoms with Gasteiger partial charge in [-0.25, -0.2) is 4.98 Å². The van der Waals surface area contributed by atoms with Gasteiger partial charge in [-0.1, -0.05) is 0 Å². The lowest BCUT2D eigenvalue weighted by Crippen LogP contribution is -1.99. The predicted molar refractivity (Wildman–Crippen MR) is 38.3 cm³/mol. The van der Waals surface area contributed by atoms with Crippen LogP contribution >= 0.6 is 9.24 Å². The molecular weight excluding hydrogens is 136 g/mol. The number of rotatable bonds is 0. The Kier molecular flexibility index (Phi) is 1.77. The number of nitrogens with zero attached hydrogens (tertiary/aromatic N) is 1. The van der Waals surface area contributed by atoms with E-state index >= 15 is 0 Å². The third kappa shape index (κ3) is 1.46. The molecule has 0 aliphatic carbocycles. The van der Waals surface area contributed by atoms with E-state index in [4.69, 9.17) is 0 Å². The van der Waals surface area contributed by atoms with Gasteiger partial charge in [0.05, 0.1) is 0 Å². The zero-order chi connectivity index (χ0) is 6.85. The van der Waals surface area contributed by atoms with E-state index in [1.807, 2.05) is 6.92 Å². The Morgan fingerprint density at radius 3 is 2.78 bits per heavy atom. The van der Waals surface area contributed by atoms with Crippen molar-refractivity contribution >= 4 is 14.5 Å². The normalized spacial score (nSPS) is 9.67. The number of pyridine rings is 1. The third-order valence-corrected chi connectivity index (χ3v) is 1.73. The molecule has 0 aliphatic rings. The molecule has 9 heavy (non-hydrogen) atoms. The maximum absolute atomic E-state index is 12.2. The highest BCUT2D eigenvalue weighted by Gasteiger charge is 1.93. The van der Waals surface area contributed by atoms with Gasteiger partial charge in [-0.3, -0.25) is 0 Å². The number of aromatic nitrogens is 1. The van der Waals surface area contributed by atoms with Gasteiger partial charge in [-0.2, -0.15) is 4.39 Å². The van der Waals surface area contributed by atoms with Gasteiger partial charge in [0.25, 0.3) is 0 Å². The lowest BCUT2D eigenvalue weighted by molar-refractivity contribution is 0.584. The lowest BCUT2D eigenvalue weighted by atomic mass is 10.3. The standard InChI is InChI=1S/C6H7FNP/c1-4-3-8-6(7)2-5(4)9/h2-3H,9H2,1H3. The van der Waals surface area contributed by atoms with Gasteiger partial charge < -0.3 is 0 Å². The third-order valence-electron chi connectivity index (χ3n) is 1.11. The van der Waals surface area contributed by atoms with Crippen LogP contribution in [0.1, 0.15) is 5.56 Å². The first-order chi connectivity index (χ1) is 4.20. The monoisotopic (exact) mass is 143 g/mol. The molecule has 1 nitrogen and oxygen atoms in total. The van der Waals surface area contributed by atoms with E-state index in [1.165, 1.54) is 12.3 Å². The molecule has 0 saturated heterocycles. The fourth-order valence-corrected chi connectivity index (χ4v) is 0.725. The molecule has 1 aromatic heterocycles. The molecular formula is C6H7FNP. The molecule has 3 heteroatoms. The lowest BCUT2D eigenvalue weighted by Gasteiger charge is -1.94. The van der Waals surface area contributed by atoms with Crippen molar-refractivity contribution in [1.82, 2.24) is 4.98 Å². The van der Waals surface area contributed by atoms with Crippen LogP contribution in [-0.2, 0) is 0 Å². The van der Waals surface area contributed by atoms with Crippen molar-refractivity contribution in [3.63, 3.8) is 0 Å². The molecule has 1 unspecified atom stereocenters. The average molecular weight is 143 g/mol. The SMILES string of the molecule is Cc1cnc(F)cc1P. The summed E-state index contributed by atoms with van der Waals surface area (Å²) >= 11 is 0. The second kappa shape index (κ2) is 2.40. The molecule has 1 aromatic rings. The summed E-state index contributed by atoms with van der Waals surface area (Å²) in [5.74, 6) is -0.425. The van der Waals surface area contributed by atoms with Gasteiger partial charge in [0.15, 0.2) is 0 Å². The van der Waals surface area contributed by atoms with E-state index in [9.17, 15) is 4.39 Å². The highest BCUT2D eigenvalue weighted by atomic mass is 31.0. The highest BCUT2D eigenvalue weighted by Crippen LogP contribution is 1.97. The van der Waals surface area contributed by atoms with Gasteiger partial charge in [-0.05, 0) is 17.8 Å². The van der Waals surface area contributed by atoms with E-state index in [2.05, 4.69) is 14.2 Å². The van der Waals surface area contributed by atoms with E-state index in [-0.39, 0.29) is 0 Å². The molecule has 0 N–H and O–H groups in total. The van der Waals surface area contributed by atoms with Crippen molar-refractivity contribution in [2.24, 2.45) is 0 Å². The minimum absolute atomic E-state index is 0.425. The van der Waals surface area contributed by atoms with E-state index in [1.54, 1.807) is 0 Å². The summed E-state index contributed by atoms with van der Waals surface area (Å²) in [6.45, 7) is 1.88. The number of halogens is 1. The molecule has 0 aliphatic heterocycles. The summed E-state index contributed by atoms with van der Waals surface area (Å²) < 4.78 is 12.2. The molecule has 0 aromatic carbocycles. The van der Waals surface area contributed by atoms with Crippen LogP contribution in [0.4, 0.5) is 4.39 Å². The van der Waals surface area contributed by atoms with Crippen LogP contribution in [0.15, 0.2) is 12.3 Å². The van der Waals surface area contributed by atoms with Gasteiger partial charge in [-0.15, -0.1) is 9.24 Å². The summed E-state index contributed by atoms with van der Waals surface area (Å²) in [7, 11) is 2.44. The minimum Gasteiger partial charge on any atom is -0.228 e. The largest absolute Gasteiger partial charge is 0.228 e. The quantitative estimate of drug-likeness (QED) is 0.390. The second-order valence-corrected chi connectivity index (χ2v) is 2.49. The fourth-order valence-electron chi connectivity index (χ4n) is 0.512. The topological polar surface area (TPSA) is 12.9 Å². The second-order valence-electron chi connectivity index (χ2n) is 1.86. The Bertz CT molecular complexity index is 224. The Morgan fingerprint density at radius 1 is 1.67 bits per heavy atom. The van der Waals surface area contributed by atoms with Crippen LogP contribution in [0.5, 0.6) is 0 Å². The maximum atomic E-state index is 12.2. The zero-order valence-electron chi connectivity index (χ0n) is 5.06. The molecule has 0 spiro atoms. The van der Waals surface area contributed by atoms with Gasteiger partial charge >= 0.3 is 0 Å². The molecule has 0 fully saturated rings. The molecule has 1 atom stereocenters. The fraction of sp³-hybridized carbons (Fsp3) is 0.167. The van der Waals surface area contributed by atoms with E-state index in [0.29, 0.717) is 0 Å². The highest BCUT2D eigenvalue weighted by molar-refractivity contribution is 7.27. The average Bonchev–Trinajstić information content (AvgIpc) is 1.80. The summed E-state index contributed by atoms with van der Waals surface area (Å²) in [6, 6.07) is 1.39. The van der Waals surface area contributed by atoms with Gasteiger partial charge in [0, 0.05) is 12.3 Å². The van der Waals surface area contributed by atoms with Gasteiger partial charge in [0.2, 0.25) is 5.95 Å². The minimum atomic E-state index is -0.425. The van der Waals surface area contributed by atoms with Crippen molar-refractivity contribution < 1.29 is 4.39 Å². The van der Waals surface area contributed by atoms with Gasteiger partial charge in [0.1, 0.15) is 0 Å². The Balaban J connectivity index is 3.17. The molecule has 0 radical (unpaired) electrons. The van der Waals surface area contributed by atoms with Crippen LogP contribution in [-0.4, -0.2) is 4.98 Å². The van der Waals surface area contributed by atoms with Crippen molar-refractivity contribution in [2.45, 2.75) is 6.92 Å². The molecule has 0 bridgehead atoms. The Morgan fingerprint density at radius 2 is 2.33 bits per heavy atom. The van der Waals surface area contributed by atoms with Crippen molar-refractivity contribution in [3.8, 4) is 0 Å². The maximum Gasteiger partial charge on any atom is 0.213 e. The van der Waals surface area contributed by atoms with E-state index in [0.717, 1.165) is 10.9 Å². The smallest absolute Gasteiger partial charge is 0.213 e. The first kappa shape index (κ1) is 6.63. The van der Waals surface area contributed by atoms with Crippen LogP contribution in [0.3, 0.4) is 0 Å². The number of hydrogen-bond donors (Lipinski definition) is 0.